The minimum absolute atomic E-state index is 0.219. The van der Waals surface area contributed by atoms with Gasteiger partial charge in [-0.1, -0.05) is 31.1 Å². The van der Waals surface area contributed by atoms with Crippen molar-refractivity contribution in [3.05, 3.63) is 22.8 Å². The van der Waals surface area contributed by atoms with Crippen LogP contribution in [-0.2, 0) is 0 Å². The van der Waals surface area contributed by atoms with Crippen LogP contribution < -0.4 is 5.73 Å². The van der Waals surface area contributed by atoms with Crippen molar-refractivity contribution in [2.45, 2.75) is 77.0 Å². The molecule has 2 fully saturated rings. The van der Waals surface area contributed by atoms with Crippen molar-refractivity contribution in [2.24, 2.45) is 22.5 Å². The lowest BCUT2D eigenvalue weighted by atomic mass is 9.51. The second-order valence-corrected chi connectivity index (χ2v) is 8.54. The molecule has 4 rings (SSSR count). The van der Waals surface area contributed by atoms with E-state index in [9.17, 15) is 10.2 Å². The van der Waals surface area contributed by atoms with Crippen LogP contribution in [0.2, 0.25) is 0 Å². The molecule has 4 N–H and O–H groups in total. The van der Waals surface area contributed by atoms with Crippen molar-refractivity contribution >= 4 is 0 Å². The smallest absolute Gasteiger partial charge is 0.123 e. The van der Waals surface area contributed by atoms with Gasteiger partial charge in [0, 0.05) is 5.41 Å². The third-order valence-electron chi connectivity index (χ3n) is 7.60. The van der Waals surface area contributed by atoms with Gasteiger partial charge >= 0.3 is 0 Å². The van der Waals surface area contributed by atoms with Crippen molar-refractivity contribution in [1.82, 2.24) is 0 Å². The summed E-state index contributed by atoms with van der Waals surface area (Å²) in [7, 11) is 0. The Balaban J connectivity index is 1.86. The lowest BCUT2D eigenvalue weighted by molar-refractivity contribution is -0.0496. The number of hydrogen-bond acceptors (Lipinski definition) is 3. The Labute approximate surface area is 133 Å². The fraction of sp³-hybridized carbons (Fsp3) is 0.789. The van der Waals surface area contributed by atoms with Gasteiger partial charge < -0.3 is 15.9 Å². The summed E-state index contributed by atoms with van der Waals surface area (Å²) in [6.45, 7) is 4.52. The maximum Gasteiger partial charge on any atom is 0.123 e. The molecule has 0 saturated heterocycles. The van der Waals surface area contributed by atoms with E-state index >= 15 is 0 Å². The van der Waals surface area contributed by atoms with Gasteiger partial charge in [0.15, 0.2) is 0 Å². The van der Waals surface area contributed by atoms with Gasteiger partial charge in [-0.05, 0) is 68.3 Å². The number of aliphatic hydroxyl groups excluding tert-OH is 1. The highest BCUT2D eigenvalue weighted by Gasteiger charge is 2.58. The maximum absolute atomic E-state index is 10.9. The molecule has 122 valence electrons. The van der Waals surface area contributed by atoms with Crippen molar-refractivity contribution in [1.29, 1.82) is 0 Å². The fourth-order valence-corrected chi connectivity index (χ4v) is 6.02. The second kappa shape index (κ2) is 4.46. The van der Waals surface area contributed by atoms with E-state index < -0.39 is 5.72 Å². The van der Waals surface area contributed by atoms with E-state index in [-0.39, 0.29) is 16.9 Å². The van der Waals surface area contributed by atoms with Crippen LogP contribution in [0.25, 0.3) is 0 Å². The summed E-state index contributed by atoms with van der Waals surface area (Å²) in [6.07, 6.45) is 9.91. The molecule has 0 bridgehead atoms. The number of allylic oxidation sites excluding steroid dienone is 1. The largest absolute Gasteiger partial charge is 0.388 e. The van der Waals surface area contributed by atoms with E-state index in [1.54, 1.807) is 0 Å². The van der Waals surface area contributed by atoms with Crippen LogP contribution in [0.4, 0.5) is 0 Å². The predicted molar refractivity (Wildman–Crippen MR) is 86.9 cm³/mol. The van der Waals surface area contributed by atoms with Gasteiger partial charge in [0.2, 0.25) is 0 Å². The topological polar surface area (TPSA) is 66.5 Å². The highest BCUT2D eigenvalue weighted by Crippen LogP contribution is 2.63. The van der Waals surface area contributed by atoms with Gasteiger partial charge in [-0.2, -0.15) is 0 Å². The molecule has 0 radical (unpaired) electrons. The molecule has 0 heterocycles. The molecule has 0 aromatic rings. The Morgan fingerprint density at radius 1 is 1.23 bits per heavy atom. The first-order valence-electron chi connectivity index (χ1n) is 8.92. The summed E-state index contributed by atoms with van der Waals surface area (Å²) in [6, 6.07) is 0. The predicted octanol–water partition coefficient (Wildman–Crippen LogP) is 3.02. The molecule has 22 heavy (non-hydrogen) atoms. The fourth-order valence-electron chi connectivity index (χ4n) is 6.02. The summed E-state index contributed by atoms with van der Waals surface area (Å²) in [5.74, 6) is 0.444. The average molecular weight is 303 g/mol. The lowest BCUT2D eigenvalue weighted by Crippen LogP contribution is -2.54. The van der Waals surface area contributed by atoms with Crippen molar-refractivity contribution in [2.75, 3.05) is 0 Å². The third kappa shape index (κ3) is 1.68. The van der Waals surface area contributed by atoms with E-state index in [1.807, 2.05) is 0 Å². The van der Waals surface area contributed by atoms with Crippen LogP contribution >= 0.6 is 0 Å². The van der Waals surface area contributed by atoms with Gasteiger partial charge in [-0.25, -0.2) is 0 Å². The maximum atomic E-state index is 10.9. The van der Waals surface area contributed by atoms with Gasteiger partial charge in [0.25, 0.3) is 0 Å². The zero-order chi connectivity index (χ0) is 15.8. The monoisotopic (exact) mass is 303 g/mol. The molecule has 4 aliphatic carbocycles. The van der Waals surface area contributed by atoms with Crippen LogP contribution in [0.5, 0.6) is 0 Å². The number of hydrogen-bond donors (Lipinski definition) is 3. The van der Waals surface area contributed by atoms with Gasteiger partial charge in [-0.3, -0.25) is 0 Å². The first-order chi connectivity index (χ1) is 10.3. The van der Waals surface area contributed by atoms with Crippen molar-refractivity contribution < 1.29 is 10.2 Å². The quantitative estimate of drug-likeness (QED) is 0.476. The van der Waals surface area contributed by atoms with Crippen LogP contribution in [0.3, 0.4) is 0 Å². The number of nitrogens with two attached hydrogens (primary N) is 1. The molecular formula is C19H29NO2. The summed E-state index contributed by atoms with van der Waals surface area (Å²) in [5, 5.41) is 21.5. The average Bonchev–Trinajstić information content (AvgIpc) is 2.70. The van der Waals surface area contributed by atoms with Crippen LogP contribution in [-0.4, -0.2) is 22.0 Å². The number of aliphatic hydroxyl groups is 2. The summed E-state index contributed by atoms with van der Waals surface area (Å²) in [4.78, 5) is 0. The van der Waals surface area contributed by atoms with E-state index in [1.165, 1.54) is 29.6 Å². The molecular weight excluding hydrogens is 274 g/mol. The van der Waals surface area contributed by atoms with Gasteiger partial charge in [0.05, 0.1) is 6.10 Å². The van der Waals surface area contributed by atoms with E-state index in [0.29, 0.717) is 12.3 Å². The van der Waals surface area contributed by atoms with Crippen molar-refractivity contribution in [3.63, 3.8) is 0 Å². The van der Waals surface area contributed by atoms with E-state index in [0.717, 1.165) is 32.1 Å². The van der Waals surface area contributed by atoms with Gasteiger partial charge in [0.1, 0.15) is 5.72 Å². The molecule has 0 aromatic heterocycles. The molecule has 3 nitrogen and oxygen atoms in total. The minimum atomic E-state index is -1.11. The zero-order valence-corrected chi connectivity index (χ0v) is 13.9. The van der Waals surface area contributed by atoms with E-state index in [4.69, 9.17) is 5.73 Å². The number of rotatable bonds is 0. The van der Waals surface area contributed by atoms with E-state index in [2.05, 4.69) is 19.9 Å². The standard InChI is InChI=1S/C19H29NO2/c1-17-8-4-3-5-12(17)11-15(21)16-13(17)6-9-18(2)14(16)7-10-19(18,20)22/h5,13,15,21-22H,3-4,6-11,20H2,1-2H3/t13-,15?,17+,18+,19?/m1/s1. The Kier molecular flexibility index (Phi) is 3.03. The Morgan fingerprint density at radius 2 is 2.00 bits per heavy atom. The molecule has 2 unspecified atom stereocenters. The Morgan fingerprint density at radius 3 is 2.77 bits per heavy atom. The molecule has 5 atom stereocenters. The first-order valence-corrected chi connectivity index (χ1v) is 8.92. The normalized spacial score (nSPS) is 51.0. The minimum Gasteiger partial charge on any atom is -0.388 e. The number of fused-ring (bicyclic) bond motifs is 4. The van der Waals surface area contributed by atoms with Crippen LogP contribution in [0, 0.1) is 16.7 Å². The van der Waals surface area contributed by atoms with Crippen LogP contribution in [0.15, 0.2) is 22.8 Å². The molecule has 3 heteroatoms. The first kappa shape index (κ1) is 14.9. The molecule has 0 aromatic carbocycles. The second-order valence-electron chi connectivity index (χ2n) is 8.54. The van der Waals surface area contributed by atoms with Gasteiger partial charge in [-0.15, -0.1) is 0 Å². The molecule has 0 aliphatic heterocycles. The Bertz CT molecular complexity index is 576. The lowest BCUT2D eigenvalue weighted by Gasteiger charge is -2.54. The molecule has 2 saturated carbocycles. The highest BCUT2D eigenvalue weighted by atomic mass is 16.3. The molecule has 0 spiro atoms. The SMILES string of the molecule is C[C@]12CCCC=C1CC(O)C1=C3CCC(N)(O)[C@@]3(C)CC[C@H]12. The third-order valence-corrected chi connectivity index (χ3v) is 7.60. The van der Waals surface area contributed by atoms with Crippen molar-refractivity contribution in [3.8, 4) is 0 Å². The zero-order valence-electron chi connectivity index (χ0n) is 13.9. The van der Waals surface area contributed by atoms with Crippen LogP contribution in [0.1, 0.15) is 65.2 Å². The molecule has 4 aliphatic rings. The Hall–Kier alpha value is -0.640. The highest BCUT2D eigenvalue weighted by molar-refractivity contribution is 5.42. The summed E-state index contributed by atoms with van der Waals surface area (Å²) >= 11 is 0. The molecule has 0 amide bonds. The summed E-state index contributed by atoms with van der Waals surface area (Å²) < 4.78 is 0. The summed E-state index contributed by atoms with van der Waals surface area (Å²) in [5.41, 5.74) is 9.01.